The number of carbonyl (C=O) groups excluding carboxylic acids is 1. The quantitative estimate of drug-likeness (QED) is 0.797. The zero-order valence-electron chi connectivity index (χ0n) is 12.4. The summed E-state index contributed by atoms with van der Waals surface area (Å²) in [5.74, 6) is -0.209. The van der Waals surface area contributed by atoms with E-state index in [1.165, 1.54) is 4.90 Å². The number of nitrogens with zero attached hydrogens (tertiary/aromatic N) is 1. The molecule has 1 aliphatic rings. The Morgan fingerprint density at radius 3 is 2.35 bits per heavy atom. The van der Waals surface area contributed by atoms with Gasteiger partial charge in [0.1, 0.15) is 5.25 Å². The fraction of sp³-hybridized carbons (Fsp3) is 0.235. The molecule has 1 amide bonds. The van der Waals surface area contributed by atoms with Crippen molar-refractivity contribution in [1.29, 1.82) is 0 Å². The second-order valence-corrected chi connectivity index (χ2v) is 8.51. The van der Waals surface area contributed by atoms with Crippen LogP contribution >= 0.6 is 10.7 Å². The first-order chi connectivity index (χ1) is 10.9. The molecule has 0 aliphatic carbocycles. The molecule has 2 aromatic rings. The lowest BCUT2D eigenvalue weighted by atomic mass is 10.0. The molecule has 0 saturated carbocycles. The molecule has 0 spiro atoms. The van der Waals surface area contributed by atoms with Crippen LogP contribution in [0.3, 0.4) is 0 Å². The SMILES string of the molecule is O=C1CC(S(=O)(=O)Cl)CN1c1ccccc1Cc1ccccc1. The van der Waals surface area contributed by atoms with Crippen molar-refractivity contribution in [2.24, 2.45) is 0 Å². The third-order valence-corrected chi connectivity index (χ3v) is 5.88. The maximum atomic E-state index is 12.2. The van der Waals surface area contributed by atoms with Gasteiger partial charge in [-0.15, -0.1) is 0 Å². The van der Waals surface area contributed by atoms with Gasteiger partial charge in [-0.05, 0) is 23.6 Å². The van der Waals surface area contributed by atoms with Crippen molar-refractivity contribution in [3.8, 4) is 0 Å². The van der Waals surface area contributed by atoms with E-state index in [0.717, 1.165) is 16.8 Å². The molecule has 120 valence electrons. The summed E-state index contributed by atoms with van der Waals surface area (Å²) in [6.45, 7) is 0.108. The van der Waals surface area contributed by atoms with Crippen molar-refractivity contribution in [2.45, 2.75) is 18.1 Å². The average Bonchev–Trinajstić information content (AvgIpc) is 2.91. The highest BCUT2D eigenvalue weighted by atomic mass is 35.7. The van der Waals surface area contributed by atoms with Gasteiger partial charge < -0.3 is 4.90 Å². The highest BCUT2D eigenvalue weighted by Crippen LogP contribution is 2.30. The highest BCUT2D eigenvalue weighted by Gasteiger charge is 2.38. The normalized spacial score (nSPS) is 18.4. The molecule has 1 atom stereocenters. The molecule has 0 radical (unpaired) electrons. The number of para-hydroxylation sites is 1. The molecule has 1 saturated heterocycles. The topological polar surface area (TPSA) is 54.5 Å². The van der Waals surface area contributed by atoms with Crippen LogP contribution in [0.1, 0.15) is 17.5 Å². The Hall–Kier alpha value is -1.85. The predicted octanol–water partition coefficient (Wildman–Crippen LogP) is 2.95. The van der Waals surface area contributed by atoms with Gasteiger partial charge in [-0.25, -0.2) is 8.42 Å². The van der Waals surface area contributed by atoms with E-state index < -0.39 is 14.3 Å². The molecule has 3 rings (SSSR count). The van der Waals surface area contributed by atoms with E-state index in [0.29, 0.717) is 6.42 Å². The van der Waals surface area contributed by atoms with Gasteiger partial charge in [0.05, 0.1) is 0 Å². The molecule has 4 nitrogen and oxygen atoms in total. The summed E-state index contributed by atoms with van der Waals surface area (Å²) in [5.41, 5.74) is 2.87. The van der Waals surface area contributed by atoms with Crippen LogP contribution in [-0.2, 0) is 20.3 Å². The number of hydrogen-bond acceptors (Lipinski definition) is 3. The van der Waals surface area contributed by atoms with Crippen LogP contribution in [-0.4, -0.2) is 26.1 Å². The standard InChI is InChI=1S/C17H16ClNO3S/c18-23(21,22)15-11-17(20)19(12-15)16-9-5-4-8-14(16)10-13-6-2-1-3-7-13/h1-9,15H,10-12H2. The summed E-state index contributed by atoms with van der Waals surface area (Å²) in [6.07, 6.45) is 0.616. The molecule has 0 aromatic heterocycles. The fourth-order valence-electron chi connectivity index (χ4n) is 2.84. The molecule has 6 heteroatoms. The van der Waals surface area contributed by atoms with Crippen molar-refractivity contribution in [1.82, 2.24) is 0 Å². The molecular weight excluding hydrogens is 334 g/mol. The smallest absolute Gasteiger partial charge is 0.237 e. The van der Waals surface area contributed by atoms with E-state index in [-0.39, 0.29) is 18.9 Å². The first kappa shape index (κ1) is 16.0. The Bertz CT molecular complexity index is 821. The van der Waals surface area contributed by atoms with Gasteiger partial charge in [0.2, 0.25) is 15.0 Å². The van der Waals surface area contributed by atoms with Gasteiger partial charge in [0.15, 0.2) is 0 Å². The number of halogens is 1. The summed E-state index contributed by atoms with van der Waals surface area (Å²) in [6, 6.07) is 17.5. The Balaban J connectivity index is 1.90. The molecule has 2 aromatic carbocycles. The lowest BCUT2D eigenvalue weighted by molar-refractivity contribution is -0.117. The van der Waals surface area contributed by atoms with Crippen molar-refractivity contribution in [2.75, 3.05) is 11.4 Å². The fourth-order valence-corrected chi connectivity index (χ4v) is 3.86. The monoisotopic (exact) mass is 349 g/mol. The van der Waals surface area contributed by atoms with Crippen LogP contribution in [0.25, 0.3) is 0 Å². The predicted molar refractivity (Wildman–Crippen MR) is 91.2 cm³/mol. The first-order valence-corrected chi connectivity index (χ1v) is 9.68. The molecule has 0 bridgehead atoms. The summed E-state index contributed by atoms with van der Waals surface area (Å²) in [4.78, 5) is 13.8. The minimum Gasteiger partial charge on any atom is -0.311 e. The third-order valence-electron chi connectivity index (χ3n) is 4.01. The molecule has 1 aliphatic heterocycles. The molecule has 1 fully saturated rings. The Morgan fingerprint density at radius 2 is 1.70 bits per heavy atom. The average molecular weight is 350 g/mol. The van der Waals surface area contributed by atoms with E-state index in [9.17, 15) is 13.2 Å². The lowest BCUT2D eigenvalue weighted by Gasteiger charge is -2.20. The van der Waals surface area contributed by atoms with Gasteiger partial charge in [0, 0.05) is 29.3 Å². The number of rotatable bonds is 4. The molecule has 0 N–H and O–H groups in total. The van der Waals surface area contributed by atoms with Crippen molar-refractivity contribution in [3.63, 3.8) is 0 Å². The van der Waals surface area contributed by atoms with Crippen LogP contribution in [0, 0.1) is 0 Å². The van der Waals surface area contributed by atoms with Gasteiger partial charge in [0.25, 0.3) is 0 Å². The zero-order chi connectivity index (χ0) is 16.4. The zero-order valence-corrected chi connectivity index (χ0v) is 13.9. The molecule has 1 unspecified atom stereocenters. The summed E-state index contributed by atoms with van der Waals surface area (Å²) < 4.78 is 23.0. The number of anilines is 1. The number of carbonyl (C=O) groups is 1. The van der Waals surface area contributed by atoms with Crippen LogP contribution in [0.15, 0.2) is 54.6 Å². The Kier molecular flexibility index (Phi) is 4.41. The van der Waals surface area contributed by atoms with Crippen LogP contribution in [0.5, 0.6) is 0 Å². The van der Waals surface area contributed by atoms with E-state index in [1.54, 1.807) is 0 Å². The van der Waals surface area contributed by atoms with E-state index in [1.807, 2.05) is 54.6 Å². The van der Waals surface area contributed by atoms with Crippen molar-refractivity contribution < 1.29 is 13.2 Å². The number of benzene rings is 2. The number of amides is 1. The summed E-state index contributed by atoms with van der Waals surface area (Å²) in [7, 11) is 1.68. The minimum absolute atomic E-state index is 0.0640. The second-order valence-electron chi connectivity index (χ2n) is 5.60. The Morgan fingerprint density at radius 1 is 1.04 bits per heavy atom. The highest BCUT2D eigenvalue weighted by molar-refractivity contribution is 8.14. The van der Waals surface area contributed by atoms with Crippen LogP contribution < -0.4 is 4.90 Å². The second kappa shape index (κ2) is 6.34. The van der Waals surface area contributed by atoms with Gasteiger partial charge >= 0.3 is 0 Å². The minimum atomic E-state index is -3.74. The maximum Gasteiger partial charge on any atom is 0.237 e. The van der Waals surface area contributed by atoms with Gasteiger partial charge in [-0.2, -0.15) is 0 Å². The third kappa shape index (κ3) is 3.57. The van der Waals surface area contributed by atoms with Crippen molar-refractivity contribution >= 4 is 31.3 Å². The lowest BCUT2D eigenvalue weighted by Crippen LogP contribution is -2.27. The largest absolute Gasteiger partial charge is 0.311 e. The first-order valence-electron chi connectivity index (χ1n) is 7.31. The maximum absolute atomic E-state index is 12.2. The van der Waals surface area contributed by atoms with E-state index in [4.69, 9.17) is 10.7 Å². The molecular formula is C17H16ClNO3S. The summed E-state index contributed by atoms with van der Waals surface area (Å²) >= 11 is 0. The van der Waals surface area contributed by atoms with Gasteiger partial charge in [-0.1, -0.05) is 48.5 Å². The van der Waals surface area contributed by atoms with Crippen molar-refractivity contribution in [3.05, 3.63) is 65.7 Å². The summed E-state index contributed by atoms with van der Waals surface area (Å²) in [5, 5.41) is -0.846. The molecule has 1 heterocycles. The Labute approximate surface area is 140 Å². The van der Waals surface area contributed by atoms with Gasteiger partial charge in [-0.3, -0.25) is 4.79 Å². The molecule has 23 heavy (non-hydrogen) atoms. The van der Waals surface area contributed by atoms with Crippen LogP contribution in [0.4, 0.5) is 5.69 Å². The van der Waals surface area contributed by atoms with E-state index >= 15 is 0 Å². The van der Waals surface area contributed by atoms with Crippen LogP contribution in [0.2, 0.25) is 0 Å². The van der Waals surface area contributed by atoms with E-state index in [2.05, 4.69) is 0 Å². The number of hydrogen-bond donors (Lipinski definition) is 0.